The highest BCUT2D eigenvalue weighted by Gasteiger charge is 2.28. The number of aromatic nitrogens is 2. The van der Waals surface area contributed by atoms with E-state index in [-0.39, 0.29) is 11.4 Å². The first kappa shape index (κ1) is 14.4. The highest BCUT2D eigenvalue weighted by Crippen LogP contribution is 2.29. The van der Waals surface area contributed by atoms with Gasteiger partial charge in [0.15, 0.2) is 0 Å². The minimum Gasteiger partial charge on any atom is -0.245 e. The normalized spacial score (nSPS) is 12.5. The molecule has 2 aromatic heterocycles. The molecule has 0 fully saturated rings. The third-order valence-electron chi connectivity index (χ3n) is 2.66. The maximum atomic E-state index is 13.2. The van der Waals surface area contributed by atoms with Crippen molar-refractivity contribution in [3.63, 3.8) is 0 Å². The quantitative estimate of drug-likeness (QED) is 0.782. The van der Waals surface area contributed by atoms with Crippen LogP contribution >= 0.6 is 0 Å². The van der Waals surface area contributed by atoms with Crippen LogP contribution in [0.5, 0.6) is 0 Å². The number of halogens is 4. The van der Waals surface area contributed by atoms with E-state index in [9.17, 15) is 17.6 Å². The second-order valence-corrected chi connectivity index (χ2v) is 4.59. The lowest BCUT2D eigenvalue weighted by molar-refractivity contribution is 0.0119. The first-order valence-electron chi connectivity index (χ1n) is 5.89. The molecule has 20 heavy (non-hydrogen) atoms. The summed E-state index contributed by atoms with van der Waals surface area (Å²) in [5.74, 6) is -6.19. The molecule has 0 N–H and O–H groups in total. The SMILES string of the molecule is CC(F)(F)c1cccc(-c2cccc(C(C)(F)F)n2)n1. The van der Waals surface area contributed by atoms with Gasteiger partial charge in [-0.25, -0.2) is 9.97 Å². The Hall–Kier alpha value is -1.98. The molecular formula is C14H12F4N2. The van der Waals surface area contributed by atoms with E-state index in [1.807, 2.05) is 0 Å². The Bertz CT molecular complexity index is 560. The summed E-state index contributed by atoms with van der Waals surface area (Å²) in [6.07, 6.45) is 0. The zero-order valence-corrected chi connectivity index (χ0v) is 10.9. The third-order valence-corrected chi connectivity index (χ3v) is 2.66. The van der Waals surface area contributed by atoms with Crippen molar-refractivity contribution >= 4 is 0 Å². The average Bonchev–Trinajstić information content (AvgIpc) is 2.37. The molecule has 0 aliphatic carbocycles. The molecule has 0 unspecified atom stereocenters. The van der Waals surface area contributed by atoms with Gasteiger partial charge in [-0.1, -0.05) is 12.1 Å². The molecular weight excluding hydrogens is 272 g/mol. The lowest BCUT2D eigenvalue weighted by Crippen LogP contribution is -2.11. The highest BCUT2D eigenvalue weighted by molar-refractivity contribution is 5.54. The third kappa shape index (κ3) is 3.12. The van der Waals surface area contributed by atoms with Gasteiger partial charge in [-0.15, -0.1) is 0 Å². The summed E-state index contributed by atoms with van der Waals surface area (Å²) in [5, 5.41) is 0. The second-order valence-electron chi connectivity index (χ2n) is 4.59. The predicted octanol–water partition coefficient (Wildman–Crippen LogP) is 4.37. The van der Waals surface area contributed by atoms with Gasteiger partial charge in [0.2, 0.25) is 0 Å². The van der Waals surface area contributed by atoms with Crippen molar-refractivity contribution in [2.24, 2.45) is 0 Å². The van der Waals surface area contributed by atoms with Crippen LogP contribution in [-0.4, -0.2) is 9.97 Å². The topological polar surface area (TPSA) is 25.8 Å². The lowest BCUT2D eigenvalue weighted by atomic mass is 10.1. The van der Waals surface area contributed by atoms with Crippen molar-refractivity contribution in [2.45, 2.75) is 25.7 Å². The summed E-state index contributed by atoms with van der Waals surface area (Å²) >= 11 is 0. The molecule has 0 aliphatic heterocycles. The molecule has 0 bridgehead atoms. The van der Waals surface area contributed by atoms with Crippen molar-refractivity contribution in [1.82, 2.24) is 9.97 Å². The molecule has 0 amide bonds. The van der Waals surface area contributed by atoms with Gasteiger partial charge in [0.25, 0.3) is 11.8 Å². The van der Waals surface area contributed by atoms with Gasteiger partial charge in [0.1, 0.15) is 11.4 Å². The Kier molecular flexibility index (Phi) is 3.50. The Balaban J connectivity index is 2.47. The number of pyridine rings is 2. The summed E-state index contributed by atoms with van der Waals surface area (Å²) in [6.45, 7) is 1.45. The molecule has 106 valence electrons. The van der Waals surface area contributed by atoms with E-state index in [0.29, 0.717) is 0 Å². The Morgan fingerprint density at radius 2 is 1.05 bits per heavy atom. The molecule has 0 aliphatic rings. The summed E-state index contributed by atoms with van der Waals surface area (Å²) in [7, 11) is 0. The van der Waals surface area contributed by atoms with E-state index in [1.165, 1.54) is 36.4 Å². The van der Waals surface area contributed by atoms with Crippen molar-refractivity contribution in [2.75, 3.05) is 0 Å². The van der Waals surface area contributed by atoms with Crippen molar-refractivity contribution in [1.29, 1.82) is 0 Å². The van der Waals surface area contributed by atoms with Crippen molar-refractivity contribution in [3.8, 4) is 11.4 Å². The molecule has 0 atom stereocenters. The van der Waals surface area contributed by atoms with Crippen LogP contribution in [-0.2, 0) is 11.8 Å². The zero-order chi connectivity index (χ0) is 15.0. The Morgan fingerprint density at radius 1 is 0.700 bits per heavy atom. The largest absolute Gasteiger partial charge is 0.286 e. The zero-order valence-electron chi connectivity index (χ0n) is 10.9. The van der Waals surface area contributed by atoms with Gasteiger partial charge in [-0.2, -0.15) is 17.6 Å². The van der Waals surface area contributed by atoms with E-state index in [4.69, 9.17) is 0 Å². The van der Waals surface area contributed by atoms with E-state index in [1.54, 1.807) is 0 Å². The van der Waals surface area contributed by atoms with E-state index < -0.39 is 23.2 Å². The predicted molar refractivity (Wildman–Crippen MR) is 66.6 cm³/mol. The van der Waals surface area contributed by atoms with Crippen LogP contribution in [0.3, 0.4) is 0 Å². The number of nitrogens with zero attached hydrogens (tertiary/aromatic N) is 2. The molecule has 2 heterocycles. The summed E-state index contributed by atoms with van der Waals surface area (Å²) in [6, 6.07) is 8.06. The van der Waals surface area contributed by atoms with Gasteiger partial charge in [0.05, 0.1) is 11.4 Å². The molecule has 6 heteroatoms. The monoisotopic (exact) mass is 284 g/mol. The molecule has 0 saturated heterocycles. The fraction of sp³-hybridized carbons (Fsp3) is 0.286. The fourth-order valence-corrected chi connectivity index (χ4v) is 1.64. The van der Waals surface area contributed by atoms with Gasteiger partial charge in [-0.05, 0) is 24.3 Å². The van der Waals surface area contributed by atoms with E-state index in [0.717, 1.165) is 13.8 Å². The fourth-order valence-electron chi connectivity index (χ4n) is 1.64. The minimum absolute atomic E-state index is 0.134. The standard InChI is InChI=1S/C14H12F4N2/c1-13(15,16)11-7-3-5-9(19-11)10-6-4-8-12(20-10)14(2,17)18/h3-8H,1-2H3. The van der Waals surface area contributed by atoms with Crippen molar-refractivity contribution < 1.29 is 17.6 Å². The Morgan fingerprint density at radius 3 is 1.35 bits per heavy atom. The number of alkyl halides is 4. The van der Waals surface area contributed by atoms with Gasteiger partial charge < -0.3 is 0 Å². The maximum Gasteiger partial charge on any atom is 0.286 e. The van der Waals surface area contributed by atoms with Crippen LogP contribution in [0.25, 0.3) is 11.4 Å². The van der Waals surface area contributed by atoms with Gasteiger partial charge >= 0.3 is 0 Å². The second kappa shape index (κ2) is 4.85. The van der Waals surface area contributed by atoms with E-state index in [2.05, 4.69) is 9.97 Å². The molecule has 0 spiro atoms. The highest BCUT2D eigenvalue weighted by atomic mass is 19.3. The maximum absolute atomic E-state index is 13.2. The van der Waals surface area contributed by atoms with Crippen LogP contribution in [0.15, 0.2) is 36.4 Å². The van der Waals surface area contributed by atoms with Crippen LogP contribution in [0.4, 0.5) is 17.6 Å². The summed E-state index contributed by atoms with van der Waals surface area (Å²) < 4.78 is 52.9. The molecule has 2 nitrogen and oxygen atoms in total. The summed E-state index contributed by atoms with van der Waals surface area (Å²) in [5.41, 5.74) is -0.582. The molecule has 2 aromatic rings. The first-order chi connectivity index (χ1) is 9.18. The van der Waals surface area contributed by atoms with Crippen LogP contribution in [0, 0.1) is 0 Å². The van der Waals surface area contributed by atoms with Crippen molar-refractivity contribution in [3.05, 3.63) is 47.8 Å². The minimum atomic E-state index is -3.09. The van der Waals surface area contributed by atoms with Crippen LogP contribution < -0.4 is 0 Å². The van der Waals surface area contributed by atoms with Crippen LogP contribution in [0.2, 0.25) is 0 Å². The lowest BCUT2D eigenvalue weighted by Gasteiger charge is -2.12. The Labute approximate surface area is 113 Å². The molecule has 2 rings (SSSR count). The van der Waals surface area contributed by atoms with Gasteiger partial charge in [-0.3, -0.25) is 0 Å². The number of rotatable bonds is 3. The average molecular weight is 284 g/mol. The van der Waals surface area contributed by atoms with Gasteiger partial charge in [0, 0.05) is 13.8 Å². The number of hydrogen-bond donors (Lipinski definition) is 0. The molecule has 0 radical (unpaired) electrons. The summed E-state index contributed by atoms with van der Waals surface area (Å²) in [4.78, 5) is 7.56. The number of hydrogen-bond acceptors (Lipinski definition) is 2. The smallest absolute Gasteiger partial charge is 0.245 e. The molecule has 0 aromatic carbocycles. The molecule has 0 saturated carbocycles. The van der Waals surface area contributed by atoms with E-state index >= 15 is 0 Å². The van der Waals surface area contributed by atoms with Crippen LogP contribution in [0.1, 0.15) is 25.2 Å². The first-order valence-corrected chi connectivity index (χ1v) is 5.89.